The molecule has 11 heteroatoms. The van der Waals surface area contributed by atoms with E-state index in [9.17, 15) is 17.6 Å². The van der Waals surface area contributed by atoms with Gasteiger partial charge in [-0.25, -0.2) is 9.37 Å². The first kappa shape index (κ1) is 24.6. The summed E-state index contributed by atoms with van der Waals surface area (Å²) in [6, 6.07) is 9.21. The molecular formula is C24H25FN4O5S. The van der Waals surface area contributed by atoms with Gasteiger partial charge in [-0.3, -0.25) is 4.79 Å². The zero-order chi connectivity index (χ0) is 25.2. The fourth-order valence-electron chi connectivity index (χ4n) is 3.45. The van der Waals surface area contributed by atoms with Crippen molar-refractivity contribution in [3.8, 4) is 11.3 Å². The van der Waals surface area contributed by atoms with E-state index < -0.39 is 15.8 Å². The largest absolute Gasteiger partial charge is 0.462 e. The minimum atomic E-state index is -4.01. The van der Waals surface area contributed by atoms with E-state index in [1.807, 2.05) is 32.9 Å². The van der Waals surface area contributed by atoms with E-state index in [0.717, 1.165) is 40.6 Å². The summed E-state index contributed by atoms with van der Waals surface area (Å²) in [4.78, 5) is 13.4. The molecule has 5 rings (SSSR count). The first-order valence-electron chi connectivity index (χ1n) is 10.8. The molecule has 3 heterocycles. The first-order valence-corrected chi connectivity index (χ1v) is 12.3. The highest BCUT2D eigenvalue weighted by molar-refractivity contribution is 7.90. The number of carbonyl (C=O) groups excluding carboxylic acids is 1. The lowest BCUT2D eigenvalue weighted by atomic mass is 9.93. The van der Waals surface area contributed by atoms with Gasteiger partial charge in [-0.2, -0.15) is 17.6 Å². The summed E-state index contributed by atoms with van der Waals surface area (Å²) in [5.74, 6) is -0.150. The number of nitrogens with zero attached hydrogens (tertiary/aromatic N) is 3. The molecule has 1 saturated heterocycles. The van der Waals surface area contributed by atoms with Crippen LogP contribution in [0.3, 0.4) is 0 Å². The summed E-state index contributed by atoms with van der Waals surface area (Å²) in [6.07, 6.45) is 3.95. The third kappa shape index (κ3) is 5.25. The minimum Gasteiger partial charge on any atom is -0.462 e. The average Bonchev–Trinajstić information content (AvgIpc) is 3.42. The molecule has 1 fully saturated rings. The Labute approximate surface area is 202 Å². The molecule has 0 atom stereocenters. The lowest BCUT2D eigenvalue weighted by Gasteiger charge is -2.27. The number of halogens is 1. The summed E-state index contributed by atoms with van der Waals surface area (Å²) in [6.45, 7) is 7.75. The van der Waals surface area contributed by atoms with Gasteiger partial charge in [0.1, 0.15) is 23.4 Å². The van der Waals surface area contributed by atoms with E-state index in [1.165, 1.54) is 24.6 Å². The van der Waals surface area contributed by atoms with E-state index in [0.29, 0.717) is 17.9 Å². The molecule has 0 saturated carbocycles. The molecule has 184 valence electrons. The molecule has 35 heavy (non-hydrogen) atoms. The number of carbonyl (C=O) groups is 1. The van der Waals surface area contributed by atoms with Gasteiger partial charge >= 0.3 is 0 Å². The van der Waals surface area contributed by atoms with Crippen LogP contribution >= 0.6 is 0 Å². The normalized spacial score (nSPS) is 14.2. The first-order chi connectivity index (χ1) is 16.6. The Kier molecular flexibility index (Phi) is 6.73. The predicted molar refractivity (Wildman–Crippen MR) is 127 cm³/mol. The van der Waals surface area contributed by atoms with Crippen molar-refractivity contribution in [1.82, 2.24) is 19.5 Å². The fraction of sp³-hybridized carbons (Fsp3) is 0.292. The third-order valence-electron chi connectivity index (χ3n) is 5.39. The SMILES string of the molecule is CC(C)(C)OC=O.O=S(=O)(c1ccc(F)c(-c2cocn2)c1)n1ncc2cc(C3CNC3)ccc21. The summed E-state index contributed by atoms with van der Waals surface area (Å²) in [5, 5.41) is 8.05. The van der Waals surface area contributed by atoms with Crippen LogP contribution in [0.2, 0.25) is 0 Å². The van der Waals surface area contributed by atoms with Gasteiger partial charge in [-0.15, -0.1) is 0 Å². The number of rotatable bonds is 5. The fourth-order valence-corrected chi connectivity index (χ4v) is 4.75. The number of benzene rings is 2. The second-order valence-corrected chi connectivity index (χ2v) is 10.8. The molecule has 1 aliphatic heterocycles. The van der Waals surface area contributed by atoms with Crippen LogP contribution in [0.5, 0.6) is 0 Å². The molecule has 0 aliphatic carbocycles. The van der Waals surface area contributed by atoms with Crippen molar-refractivity contribution in [2.45, 2.75) is 37.2 Å². The Balaban J connectivity index is 0.000000364. The molecule has 4 aromatic rings. The zero-order valence-electron chi connectivity index (χ0n) is 19.4. The van der Waals surface area contributed by atoms with E-state index in [2.05, 4.69) is 20.1 Å². The van der Waals surface area contributed by atoms with Crippen molar-refractivity contribution in [3.05, 3.63) is 66.6 Å². The van der Waals surface area contributed by atoms with Crippen molar-refractivity contribution in [1.29, 1.82) is 0 Å². The number of hydrogen-bond donors (Lipinski definition) is 1. The quantitative estimate of drug-likeness (QED) is 0.412. The standard InChI is InChI=1S/C19H15FN4O3S.C5H10O2/c20-17-3-2-15(6-16(17)18-10-27-11-22-18)28(25,26)24-19-4-1-12(14-7-21-8-14)5-13(19)9-23-24;1-5(2,3)7-4-6/h1-6,9-11,14,21H,7-8H2;4H,1-3H3. The van der Waals surface area contributed by atoms with Crippen LogP contribution < -0.4 is 5.32 Å². The maximum absolute atomic E-state index is 14.2. The summed E-state index contributed by atoms with van der Waals surface area (Å²) < 4.78 is 50.9. The average molecular weight is 501 g/mol. The zero-order valence-corrected chi connectivity index (χ0v) is 20.3. The molecule has 1 aliphatic rings. The topological polar surface area (TPSA) is 116 Å². The Bertz CT molecular complexity index is 1440. The van der Waals surface area contributed by atoms with Crippen molar-refractivity contribution in [2.24, 2.45) is 0 Å². The Hall–Kier alpha value is -3.57. The smallest absolute Gasteiger partial charge is 0.293 e. The summed E-state index contributed by atoms with van der Waals surface area (Å²) >= 11 is 0. The summed E-state index contributed by atoms with van der Waals surface area (Å²) in [5.41, 5.74) is 1.58. The van der Waals surface area contributed by atoms with Crippen molar-refractivity contribution >= 4 is 27.4 Å². The number of hydrogen-bond acceptors (Lipinski definition) is 8. The molecule has 0 radical (unpaired) electrons. The Morgan fingerprint density at radius 3 is 2.54 bits per heavy atom. The monoisotopic (exact) mass is 500 g/mol. The minimum absolute atomic E-state index is 0.0473. The Morgan fingerprint density at radius 1 is 1.20 bits per heavy atom. The van der Waals surface area contributed by atoms with Crippen LogP contribution in [-0.2, 0) is 19.6 Å². The van der Waals surface area contributed by atoms with Gasteiger partial charge < -0.3 is 14.5 Å². The van der Waals surface area contributed by atoms with Crippen LogP contribution in [0.1, 0.15) is 32.3 Å². The van der Waals surface area contributed by atoms with Crippen molar-refractivity contribution < 1.29 is 26.8 Å². The molecule has 0 bridgehead atoms. The van der Waals surface area contributed by atoms with Gasteiger partial charge in [-0.05, 0) is 56.7 Å². The number of aromatic nitrogens is 3. The van der Waals surface area contributed by atoms with E-state index >= 15 is 0 Å². The highest BCUT2D eigenvalue weighted by atomic mass is 32.2. The van der Waals surface area contributed by atoms with Gasteiger partial charge in [0.25, 0.3) is 16.5 Å². The molecule has 2 aromatic carbocycles. The highest BCUT2D eigenvalue weighted by Gasteiger charge is 2.24. The van der Waals surface area contributed by atoms with Crippen molar-refractivity contribution in [2.75, 3.05) is 13.1 Å². The molecular weight excluding hydrogens is 475 g/mol. The van der Waals surface area contributed by atoms with E-state index in [4.69, 9.17) is 4.42 Å². The van der Waals surface area contributed by atoms with Gasteiger partial charge in [0, 0.05) is 30.0 Å². The van der Waals surface area contributed by atoms with Crippen LogP contribution in [0.15, 0.2) is 64.6 Å². The number of nitrogens with one attached hydrogen (secondary N) is 1. The van der Waals surface area contributed by atoms with E-state index in [1.54, 1.807) is 6.07 Å². The van der Waals surface area contributed by atoms with Crippen LogP contribution in [0, 0.1) is 5.82 Å². The van der Waals surface area contributed by atoms with Crippen LogP contribution in [0.25, 0.3) is 22.2 Å². The molecule has 0 spiro atoms. The van der Waals surface area contributed by atoms with E-state index in [-0.39, 0.29) is 21.8 Å². The van der Waals surface area contributed by atoms with Gasteiger partial charge in [-0.1, -0.05) is 6.07 Å². The molecule has 1 N–H and O–H groups in total. The van der Waals surface area contributed by atoms with Crippen LogP contribution in [-0.4, -0.2) is 47.8 Å². The second-order valence-electron chi connectivity index (χ2n) is 9.01. The maximum atomic E-state index is 14.2. The molecule has 0 amide bonds. The van der Waals surface area contributed by atoms with Gasteiger partial charge in [0.05, 0.1) is 16.6 Å². The second kappa shape index (κ2) is 9.59. The summed E-state index contributed by atoms with van der Waals surface area (Å²) in [7, 11) is -4.01. The highest BCUT2D eigenvalue weighted by Crippen LogP contribution is 2.29. The molecule has 0 unspecified atom stereocenters. The number of ether oxygens (including phenoxy) is 1. The number of oxazole rings is 1. The third-order valence-corrected chi connectivity index (χ3v) is 6.98. The number of fused-ring (bicyclic) bond motifs is 1. The van der Waals surface area contributed by atoms with Gasteiger partial charge in [0.15, 0.2) is 6.39 Å². The lowest BCUT2D eigenvalue weighted by Crippen LogP contribution is -2.39. The lowest BCUT2D eigenvalue weighted by molar-refractivity contribution is -0.138. The van der Waals surface area contributed by atoms with Crippen molar-refractivity contribution in [3.63, 3.8) is 0 Å². The maximum Gasteiger partial charge on any atom is 0.293 e. The molecule has 9 nitrogen and oxygen atoms in total. The van der Waals surface area contributed by atoms with Gasteiger partial charge in [0.2, 0.25) is 0 Å². The predicted octanol–water partition coefficient (Wildman–Crippen LogP) is 3.71. The van der Waals surface area contributed by atoms with Crippen LogP contribution in [0.4, 0.5) is 4.39 Å². The Morgan fingerprint density at radius 2 is 1.97 bits per heavy atom. The molecule has 2 aromatic heterocycles.